The Balaban J connectivity index is 1.37. The van der Waals surface area contributed by atoms with Crippen molar-refractivity contribution in [2.24, 2.45) is 0 Å². The smallest absolute Gasteiger partial charge is 0.232 e. The first-order valence-corrected chi connectivity index (χ1v) is 10.8. The molecule has 3 heterocycles. The molecule has 7 nitrogen and oxygen atoms in total. The van der Waals surface area contributed by atoms with Crippen LogP contribution in [0.3, 0.4) is 0 Å². The second kappa shape index (κ2) is 8.73. The molecule has 0 radical (unpaired) electrons. The van der Waals surface area contributed by atoms with E-state index in [9.17, 15) is 4.79 Å². The van der Waals surface area contributed by atoms with Crippen molar-refractivity contribution in [1.82, 2.24) is 15.0 Å². The molecule has 0 atom stereocenters. The van der Waals surface area contributed by atoms with Crippen molar-refractivity contribution in [3.63, 3.8) is 0 Å². The first-order chi connectivity index (χ1) is 14.1. The Hall–Kier alpha value is -2.75. The molecule has 0 saturated heterocycles. The van der Waals surface area contributed by atoms with Gasteiger partial charge < -0.3 is 15.4 Å². The number of hydrogen-bond acceptors (Lipinski definition) is 8. The van der Waals surface area contributed by atoms with Gasteiger partial charge in [-0.25, -0.2) is 15.0 Å². The largest absolute Gasteiger partial charge is 0.494 e. The normalized spacial score (nSPS) is 10.8. The van der Waals surface area contributed by atoms with E-state index in [1.54, 1.807) is 18.3 Å². The van der Waals surface area contributed by atoms with Crippen molar-refractivity contribution >= 4 is 66.5 Å². The fourth-order valence-electron chi connectivity index (χ4n) is 2.55. The quantitative estimate of drug-likeness (QED) is 0.410. The number of pyridine rings is 1. The third-order valence-corrected chi connectivity index (χ3v) is 5.74. The lowest BCUT2D eigenvalue weighted by Gasteiger charge is -2.01. The van der Waals surface area contributed by atoms with Gasteiger partial charge in [0.05, 0.1) is 34.0 Å². The van der Waals surface area contributed by atoms with Crippen LogP contribution in [0.2, 0.25) is 5.02 Å². The number of aromatic nitrogens is 3. The summed E-state index contributed by atoms with van der Waals surface area (Å²) in [6.45, 7) is 2.54. The van der Waals surface area contributed by atoms with Gasteiger partial charge in [-0.1, -0.05) is 22.9 Å². The van der Waals surface area contributed by atoms with Crippen molar-refractivity contribution in [1.29, 1.82) is 0 Å². The Morgan fingerprint density at radius 3 is 2.90 bits per heavy atom. The molecule has 0 bridgehead atoms. The molecule has 29 heavy (non-hydrogen) atoms. The van der Waals surface area contributed by atoms with Crippen molar-refractivity contribution < 1.29 is 9.53 Å². The molecule has 10 heteroatoms. The number of thiazole rings is 2. The van der Waals surface area contributed by atoms with Crippen molar-refractivity contribution in [3.05, 3.63) is 52.6 Å². The van der Waals surface area contributed by atoms with Gasteiger partial charge in [0.2, 0.25) is 5.91 Å². The van der Waals surface area contributed by atoms with E-state index < -0.39 is 0 Å². The van der Waals surface area contributed by atoms with Gasteiger partial charge in [-0.2, -0.15) is 0 Å². The molecule has 0 unspecified atom stereocenters. The second-order valence-corrected chi connectivity index (χ2v) is 8.26. The number of fused-ring (bicyclic) bond motifs is 1. The van der Waals surface area contributed by atoms with E-state index in [4.69, 9.17) is 16.3 Å². The third-order valence-electron chi connectivity index (χ3n) is 3.77. The molecule has 3 aromatic heterocycles. The number of amides is 1. The van der Waals surface area contributed by atoms with Crippen LogP contribution in [-0.2, 0) is 11.2 Å². The maximum atomic E-state index is 12.4. The molecule has 0 aliphatic heterocycles. The molecule has 1 aromatic carbocycles. The Morgan fingerprint density at radius 1 is 1.21 bits per heavy atom. The molecule has 148 valence electrons. The van der Waals surface area contributed by atoms with Crippen LogP contribution in [0.4, 0.5) is 16.1 Å². The van der Waals surface area contributed by atoms with Crippen LogP contribution in [0.15, 0.2) is 41.9 Å². The minimum absolute atomic E-state index is 0.159. The lowest BCUT2D eigenvalue weighted by molar-refractivity contribution is -0.115. The highest BCUT2D eigenvalue weighted by Crippen LogP contribution is 2.29. The van der Waals surface area contributed by atoms with Gasteiger partial charge >= 0.3 is 0 Å². The van der Waals surface area contributed by atoms with Crippen LogP contribution >= 0.6 is 34.3 Å². The molecule has 0 aliphatic carbocycles. The van der Waals surface area contributed by atoms with Gasteiger partial charge in [-0.3, -0.25) is 4.79 Å². The first-order valence-electron chi connectivity index (χ1n) is 8.75. The SMILES string of the molecule is CCOc1ccc2nc(NC(=O)Cc3csc(Nc4ccc(Cl)cn4)n3)sc2c1. The highest BCUT2D eigenvalue weighted by atomic mass is 35.5. The number of halogens is 1. The number of anilines is 3. The topological polar surface area (TPSA) is 89.0 Å². The number of hydrogen-bond donors (Lipinski definition) is 2. The summed E-state index contributed by atoms with van der Waals surface area (Å²) in [7, 11) is 0. The number of carbonyl (C=O) groups excluding carboxylic acids is 1. The summed E-state index contributed by atoms with van der Waals surface area (Å²) >= 11 is 8.65. The second-order valence-electron chi connectivity index (χ2n) is 5.94. The van der Waals surface area contributed by atoms with Crippen LogP contribution < -0.4 is 15.4 Å². The van der Waals surface area contributed by atoms with E-state index in [1.165, 1.54) is 22.7 Å². The molecule has 0 saturated carbocycles. The van der Waals surface area contributed by atoms with Crippen LogP contribution in [0, 0.1) is 0 Å². The van der Waals surface area contributed by atoms with E-state index in [0.717, 1.165) is 16.0 Å². The number of nitrogens with one attached hydrogen (secondary N) is 2. The summed E-state index contributed by atoms with van der Waals surface area (Å²) < 4.78 is 6.46. The Labute approximate surface area is 179 Å². The van der Waals surface area contributed by atoms with Crippen LogP contribution in [-0.4, -0.2) is 27.5 Å². The molecule has 2 N–H and O–H groups in total. The number of benzene rings is 1. The van der Waals surface area contributed by atoms with Gasteiger partial charge in [0.15, 0.2) is 10.3 Å². The summed E-state index contributed by atoms with van der Waals surface area (Å²) in [5, 5.41) is 9.55. The van der Waals surface area contributed by atoms with Gasteiger partial charge in [0, 0.05) is 11.6 Å². The van der Waals surface area contributed by atoms with Crippen molar-refractivity contribution in [2.45, 2.75) is 13.3 Å². The zero-order valence-electron chi connectivity index (χ0n) is 15.3. The Bertz CT molecular complexity index is 1140. The van der Waals surface area contributed by atoms with E-state index in [2.05, 4.69) is 25.6 Å². The van der Waals surface area contributed by atoms with Crippen LogP contribution in [0.1, 0.15) is 12.6 Å². The van der Waals surface area contributed by atoms with Crippen LogP contribution in [0.5, 0.6) is 5.75 Å². The summed E-state index contributed by atoms with van der Waals surface area (Å²) in [4.78, 5) is 25.4. The first kappa shape index (κ1) is 19.6. The number of ether oxygens (including phenoxy) is 1. The van der Waals surface area contributed by atoms with Gasteiger partial charge in [0.1, 0.15) is 11.6 Å². The highest BCUT2D eigenvalue weighted by Gasteiger charge is 2.12. The van der Waals surface area contributed by atoms with Gasteiger partial charge in [0.25, 0.3) is 0 Å². The summed E-state index contributed by atoms with van der Waals surface area (Å²) in [5.41, 5.74) is 1.49. The van der Waals surface area contributed by atoms with Crippen molar-refractivity contribution in [3.8, 4) is 5.75 Å². The summed E-state index contributed by atoms with van der Waals surface area (Å²) in [5.74, 6) is 1.26. The fraction of sp³-hybridized carbons (Fsp3) is 0.158. The Morgan fingerprint density at radius 2 is 2.10 bits per heavy atom. The molecule has 0 fully saturated rings. The number of carbonyl (C=O) groups is 1. The molecule has 1 amide bonds. The predicted molar refractivity (Wildman–Crippen MR) is 118 cm³/mol. The van der Waals surface area contributed by atoms with Gasteiger partial charge in [-0.05, 0) is 37.3 Å². The highest BCUT2D eigenvalue weighted by molar-refractivity contribution is 7.22. The maximum absolute atomic E-state index is 12.4. The molecular formula is C19H16ClN5O2S2. The molecule has 0 spiro atoms. The van der Waals surface area contributed by atoms with E-state index in [0.29, 0.717) is 33.4 Å². The maximum Gasteiger partial charge on any atom is 0.232 e. The monoisotopic (exact) mass is 445 g/mol. The average Bonchev–Trinajstić information content (AvgIpc) is 3.29. The summed E-state index contributed by atoms with van der Waals surface area (Å²) in [6, 6.07) is 9.19. The van der Waals surface area contributed by atoms with Crippen molar-refractivity contribution in [2.75, 3.05) is 17.2 Å². The molecule has 0 aliphatic rings. The van der Waals surface area contributed by atoms with Crippen LogP contribution in [0.25, 0.3) is 10.2 Å². The van der Waals surface area contributed by atoms with E-state index in [-0.39, 0.29) is 12.3 Å². The third kappa shape index (κ3) is 5.00. The summed E-state index contributed by atoms with van der Waals surface area (Å²) in [6.07, 6.45) is 1.72. The molecule has 4 aromatic rings. The Kier molecular flexibility index (Phi) is 5.89. The minimum Gasteiger partial charge on any atom is -0.494 e. The molecule has 4 rings (SSSR count). The average molecular weight is 446 g/mol. The minimum atomic E-state index is -0.171. The number of rotatable bonds is 7. The standard InChI is InChI=1S/C19H16ClN5O2S2/c1-2-27-13-4-5-14-15(8-13)29-19(23-14)25-17(26)7-12-10-28-18(22-12)24-16-6-3-11(20)9-21-16/h3-6,8-10H,2,7H2,1H3,(H,21,22,24)(H,23,25,26). The lowest BCUT2D eigenvalue weighted by Crippen LogP contribution is -2.14. The van der Waals surface area contributed by atoms with E-state index >= 15 is 0 Å². The lowest BCUT2D eigenvalue weighted by atomic mass is 10.3. The molecular weight excluding hydrogens is 430 g/mol. The number of nitrogens with zero attached hydrogens (tertiary/aromatic N) is 3. The zero-order valence-corrected chi connectivity index (χ0v) is 17.7. The predicted octanol–water partition coefficient (Wildman–Crippen LogP) is 5.12. The zero-order chi connectivity index (χ0) is 20.2. The van der Waals surface area contributed by atoms with Gasteiger partial charge in [-0.15, -0.1) is 11.3 Å². The fourth-order valence-corrected chi connectivity index (χ4v) is 4.29. The van der Waals surface area contributed by atoms with E-state index in [1.807, 2.05) is 30.5 Å².